The van der Waals surface area contributed by atoms with Crippen molar-refractivity contribution in [2.45, 2.75) is 73.6 Å². The monoisotopic (exact) mass is 471 g/mol. The summed E-state index contributed by atoms with van der Waals surface area (Å²) in [5.41, 5.74) is 11.0. The molecule has 0 bridgehead atoms. The second-order valence-corrected chi connectivity index (χ2v) is 10.5. The predicted octanol–water partition coefficient (Wildman–Crippen LogP) is 8.17. The predicted molar refractivity (Wildman–Crippen MR) is 154 cm³/mol. The number of hydrogen-bond acceptors (Lipinski definition) is 3. The Morgan fingerprint density at radius 2 is 1.86 bits per heavy atom. The van der Waals surface area contributed by atoms with Gasteiger partial charge in [0.1, 0.15) is 0 Å². The summed E-state index contributed by atoms with van der Waals surface area (Å²) >= 11 is 0. The van der Waals surface area contributed by atoms with Crippen LogP contribution in [0.5, 0.6) is 0 Å². The third kappa shape index (κ3) is 7.24. The minimum absolute atomic E-state index is 0.367. The number of nitrogens with zero attached hydrogens (tertiary/aromatic N) is 2. The van der Waals surface area contributed by atoms with E-state index in [4.69, 9.17) is 10.4 Å². The van der Waals surface area contributed by atoms with Crippen LogP contribution in [0.4, 0.5) is 0 Å². The fraction of sp³-hybridized carbons (Fsp3) is 0.500. The first-order chi connectivity index (χ1) is 16.8. The molecule has 1 unspecified atom stereocenters. The Morgan fingerprint density at radius 3 is 2.43 bits per heavy atom. The third-order valence-electron chi connectivity index (χ3n) is 7.77. The van der Waals surface area contributed by atoms with Gasteiger partial charge in [0.05, 0.1) is 5.70 Å². The van der Waals surface area contributed by atoms with Crippen molar-refractivity contribution >= 4 is 17.6 Å². The Kier molecular flexibility index (Phi) is 9.63. The lowest BCUT2D eigenvalue weighted by atomic mass is 9.86. The molecule has 188 valence electrons. The lowest BCUT2D eigenvalue weighted by Gasteiger charge is -2.30. The van der Waals surface area contributed by atoms with E-state index in [1.54, 1.807) is 0 Å². The van der Waals surface area contributed by atoms with Gasteiger partial charge >= 0.3 is 0 Å². The molecule has 1 aromatic rings. The van der Waals surface area contributed by atoms with Gasteiger partial charge in [0.15, 0.2) is 0 Å². The summed E-state index contributed by atoms with van der Waals surface area (Å²) in [6.07, 6.45) is 14.3. The van der Waals surface area contributed by atoms with Crippen molar-refractivity contribution in [2.75, 3.05) is 20.1 Å². The number of aliphatic imine (C=N–C) groups is 1. The summed E-state index contributed by atoms with van der Waals surface area (Å²) in [5, 5.41) is 7.85. The Morgan fingerprint density at radius 1 is 1.17 bits per heavy atom. The number of benzene rings is 1. The van der Waals surface area contributed by atoms with Crippen molar-refractivity contribution in [1.82, 2.24) is 4.90 Å². The number of rotatable bonds is 9. The van der Waals surface area contributed by atoms with Crippen molar-refractivity contribution in [2.24, 2.45) is 16.8 Å². The van der Waals surface area contributed by atoms with Crippen LogP contribution in [0, 0.1) is 24.2 Å². The normalized spacial score (nSPS) is 19.7. The molecule has 0 radical (unpaired) electrons. The smallest absolute Gasteiger partial charge is 0.0708 e. The highest BCUT2D eigenvalue weighted by Crippen LogP contribution is 2.34. The zero-order valence-corrected chi connectivity index (χ0v) is 23.0. The molecule has 3 rings (SSSR count). The molecular formula is C32H45N3. The molecule has 1 N–H and O–H groups in total. The molecule has 1 aromatic carbocycles. The number of allylic oxidation sites excluding steroid dienone is 7. The zero-order valence-electron chi connectivity index (χ0n) is 23.0. The molecule has 2 fully saturated rings. The van der Waals surface area contributed by atoms with E-state index in [9.17, 15) is 0 Å². The zero-order chi connectivity index (χ0) is 25.5. The maximum atomic E-state index is 7.85. The molecule has 1 aliphatic heterocycles. The highest BCUT2D eigenvalue weighted by Gasteiger charge is 2.21. The first-order valence-electron chi connectivity index (χ1n) is 13.4. The minimum atomic E-state index is 0.367. The molecular weight excluding hydrogens is 426 g/mol. The number of hydrogen-bond donors (Lipinski definition) is 1. The van der Waals surface area contributed by atoms with Gasteiger partial charge in [-0.15, -0.1) is 0 Å². The molecule has 0 spiro atoms. The van der Waals surface area contributed by atoms with E-state index >= 15 is 0 Å². The molecule has 2 aliphatic rings. The second-order valence-electron chi connectivity index (χ2n) is 10.5. The highest BCUT2D eigenvalue weighted by molar-refractivity contribution is 6.04. The van der Waals surface area contributed by atoms with Crippen LogP contribution in [0.2, 0.25) is 0 Å². The molecule has 3 nitrogen and oxygen atoms in total. The quantitative estimate of drug-likeness (QED) is 0.286. The number of nitrogens with one attached hydrogen (secondary N) is 1. The van der Waals surface area contributed by atoms with Crippen molar-refractivity contribution in [3.05, 3.63) is 75.4 Å². The number of aryl methyl sites for hydroxylation is 1. The third-order valence-corrected chi connectivity index (χ3v) is 7.77. The lowest BCUT2D eigenvalue weighted by Crippen LogP contribution is -2.30. The maximum absolute atomic E-state index is 7.85. The molecule has 35 heavy (non-hydrogen) atoms. The average Bonchev–Trinajstić information content (AvgIpc) is 3.71. The topological polar surface area (TPSA) is 39.5 Å². The van der Waals surface area contributed by atoms with Gasteiger partial charge in [0.25, 0.3) is 0 Å². The number of piperidine rings is 1. The van der Waals surface area contributed by atoms with Crippen LogP contribution in [0.1, 0.15) is 83.4 Å². The van der Waals surface area contributed by atoms with E-state index in [0.29, 0.717) is 11.8 Å². The molecule has 1 saturated carbocycles. The van der Waals surface area contributed by atoms with Crippen molar-refractivity contribution < 1.29 is 0 Å². The van der Waals surface area contributed by atoms with Crippen molar-refractivity contribution in [3.8, 4) is 0 Å². The molecule has 1 atom stereocenters. The fourth-order valence-electron chi connectivity index (χ4n) is 4.91. The minimum Gasteiger partial charge on any atom is -0.308 e. The van der Waals surface area contributed by atoms with E-state index in [0.717, 1.165) is 28.8 Å². The molecule has 1 aliphatic carbocycles. The highest BCUT2D eigenvalue weighted by atomic mass is 15.1. The van der Waals surface area contributed by atoms with Crippen LogP contribution < -0.4 is 0 Å². The van der Waals surface area contributed by atoms with Gasteiger partial charge in [-0.2, -0.15) is 0 Å². The van der Waals surface area contributed by atoms with Gasteiger partial charge in [0, 0.05) is 17.5 Å². The standard InChI is InChI=1S/C32H45N3/c1-8-22(3)32(25(6)18-26(9-2)28-14-16-35(7)17-15-28)34-31(19-24(5)27-12-13-27)29-11-10-23(4)30(20-29)21-33/h9-11,18-22,28,33H,8,12-17H2,1-7H3/b25-18-,26-9+,31-19-,33-21?,34-32-. The van der Waals surface area contributed by atoms with Gasteiger partial charge < -0.3 is 10.3 Å². The van der Waals surface area contributed by atoms with Gasteiger partial charge in [-0.05, 0) is 132 Å². The van der Waals surface area contributed by atoms with E-state index in [1.807, 2.05) is 0 Å². The first-order valence-corrected chi connectivity index (χ1v) is 13.4. The van der Waals surface area contributed by atoms with E-state index < -0.39 is 0 Å². The summed E-state index contributed by atoms with van der Waals surface area (Å²) in [6.45, 7) is 15.6. The van der Waals surface area contributed by atoms with Crippen LogP contribution in [0.3, 0.4) is 0 Å². The Bertz CT molecular complexity index is 1070. The van der Waals surface area contributed by atoms with Crippen LogP contribution in [0.25, 0.3) is 5.70 Å². The average molecular weight is 472 g/mol. The summed E-state index contributed by atoms with van der Waals surface area (Å²) in [7, 11) is 2.22. The van der Waals surface area contributed by atoms with Crippen LogP contribution in [-0.4, -0.2) is 37.0 Å². The van der Waals surface area contributed by atoms with Crippen LogP contribution in [-0.2, 0) is 0 Å². The summed E-state index contributed by atoms with van der Waals surface area (Å²) in [6, 6.07) is 6.39. The summed E-state index contributed by atoms with van der Waals surface area (Å²) in [4.78, 5) is 7.82. The van der Waals surface area contributed by atoms with E-state index in [-0.39, 0.29) is 0 Å². The second kappa shape index (κ2) is 12.4. The van der Waals surface area contributed by atoms with Gasteiger partial charge in [-0.25, -0.2) is 0 Å². The van der Waals surface area contributed by atoms with Crippen molar-refractivity contribution in [1.29, 1.82) is 5.41 Å². The maximum Gasteiger partial charge on any atom is 0.0708 e. The van der Waals surface area contributed by atoms with Gasteiger partial charge in [-0.1, -0.05) is 43.7 Å². The Labute approximate surface area is 213 Å². The Hall–Kier alpha value is -2.52. The fourth-order valence-corrected chi connectivity index (χ4v) is 4.91. The number of likely N-dealkylation sites (tertiary alicyclic amines) is 1. The van der Waals surface area contributed by atoms with Gasteiger partial charge in [-0.3, -0.25) is 4.99 Å². The van der Waals surface area contributed by atoms with E-state index in [1.165, 1.54) is 73.0 Å². The van der Waals surface area contributed by atoms with Gasteiger partial charge in [0.2, 0.25) is 0 Å². The first kappa shape index (κ1) is 27.1. The van der Waals surface area contributed by atoms with Crippen LogP contribution >= 0.6 is 0 Å². The summed E-state index contributed by atoms with van der Waals surface area (Å²) < 4.78 is 0. The summed E-state index contributed by atoms with van der Waals surface area (Å²) in [5.74, 6) is 1.00. The van der Waals surface area contributed by atoms with E-state index in [2.05, 4.69) is 89.9 Å². The molecule has 1 heterocycles. The van der Waals surface area contributed by atoms with Crippen LogP contribution in [0.15, 0.2) is 63.7 Å². The largest absolute Gasteiger partial charge is 0.308 e. The molecule has 3 heteroatoms. The molecule has 1 saturated heterocycles. The molecule has 0 amide bonds. The Balaban J connectivity index is 2.06. The SMILES string of the molecule is C\C=C(/C=C(C)\C(=N/C(=C\C(C)=C1CC1)c1ccc(C)c(C=N)c1)C(C)CC)C1CCN(C)CC1. The van der Waals surface area contributed by atoms with Crippen molar-refractivity contribution in [3.63, 3.8) is 0 Å². The lowest BCUT2D eigenvalue weighted by molar-refractivity contribution is 0.240. The molecule has 0 aromatic heterocycles.